The van der Waals surface area contributed by atoms with Gasteiger partial charge in [-0.1, -0.05) is 11.6 Å². The van der Waals surface area contributed by atoms with Crippen LogP contribution in [-0.2, 0) is 0 Å². The van der Waals surface area contributed by atoms with Crippen molar-refractivity contribution < 1.29 is 19.2 Å². The average Bonchev–Trinajstić information content (AvgIpc) is 3.13. The molecule has 0 aliphatic carbocycles. The molecule has 0 amide bonds. The van der Waals surface area contributed by atoms with Gasteiger partial charge < -0.3 is 9.52 Å². The number of nitro benzene ring substituents is 1. The molecule has 0 bridgehead atoms. The van der Waals surface area contributed by atoms with Crippen LogP contribution in [0.4, 0.5) is 11.4 Å². The molecule has 29 heavy (non-hydrogen) atoms. The Morgan fingerprint density at radius 3 is 2.62 bits per heavy atom. The molecule has 0 fully saturated rings. The second kappa shape index (κ2) is 8.15. The summed E-state index contributed by atoms with van der Waals surface area (Å²) in [5.41, 5.74) is 5.16. The van der Waals surface area contributed by atoms with Crippen LogP contribution in [0.2, 0.25) is 5.02 Å². The topological polar surface area (TPSA) is 118 Å². The quantitative estimate of drug-likeness (QED) is 0.323. The van der Waals surface area contributed by atoms with Crippen LogP contribution in [0, 0.1) is 24.0 Å². The predicted molar refractivity (Wildman–Crippen MR) is 110 cm³/mol. The molecule has 2 aromatic carbocycles. The number of aryl methyl sites for hydroxylation is 2. The van der Waals surface area contributed by atoms with E-state index in [9.17, 15) is 14.9 Å². The van der Waals surface area contributed by atoms with Crippen molar-refractivity contribution in [3.8, 4) is 11.3 Å². The average molecular weight is 414 g/mol. The smallest absolute Gasteiger partial charge is 0.337 e. The van der Waals surface area contributed by atoms with E-state index in [1.165, 1.54) is 24.4 Å². The third-order valence-corrected chi connectivity index (χ3v) is 4.61. The number of furan rings is 1. The van der Waals surface area contributed by atoms with Crippen LogP contribution in [0.3, 0.4) is 0 Å². The Hall–Kier alpha value is -3.65. The van der Waals surface area contributed by atoms with Crippen molar-refractivity contribution >= 4 is 35.2 Å². The summed E-state index contributed by atoms with van der Waals surface area (Å²) in [6.45, 7) is 3.68. The third kappa shape index (κ3) is 4.44. The van der Waals surface area contributed by atoms with Gasteiger partial charge in [-0.15, -0.1) is 0 Å². The van der Waals surface area contributed by atoms with Gasteiger partial charge in [-0.3, -0.25) is 15.5 Å². The number of aromatic carboxylic acids is 1. The number of carbonyl (C=O) groups is 1. The highest BCUT2D eigenvalue weighted by atomic mass is 35.5. The standard InChI is InChI=1S/C20H16ClN3O5/c1-11-7-16(18(24(27)28)8-12(11)2)19-6-4-14(29-19)10-22-23-13-3-5-17(21)15(9-13)20(25)26/h3-10,23H,1-2H3,(H,25,26)/b22-10+. The zero-order valence-electron chi connectivity index (χ0n) is 15.5. The molecule has 8 nitrogen and oxygen atoms in total. The summed E-state index contributed by atoms with van der Waals surface area (Å²) in [5.74, 6) is -0.429. The summed E-state index contributed by atoms with van der Waals surface area (Å²) in [7, 11) is 0. The van der Waals surface area contributed by atoms with Crippen LogP contribution in [0.5, 0.6) is 0 Å². The number of carboxylic acids is 1. The molecule has 0 saturated carbocycles. The lowest BCUT2D eigenvalue weighted by Gasteiger charge is -2.05. The van der Waals surface area contributed by atoms with E-state index in [1.54, 1.807) is 24.3 Å². The van der Waals surface area contributed by atoms with Crippen LogP contribution in [-0.4, -0.2) is 22.2 Å². The van der Waals surface area contributed by atoms with Crippen molar-refractivity contribution in [2.75, 3.05) is 5.43 Å². The fraction of sp³-hybridized carbons (Fsp3) is 0.100. The molecular weight excluding hydrogens is 398 g/mol. The van der Waals surface area contributed by atoms with Gasteiger partial charge in [-0.2, -0.15) is 5.10 Å². The molecule has 0 radical (unpaired) electrons. The van der Waals surface area contributed by atoms with Crippen LogP contribution < -0.4 is 5.43 Å². The van der Waals surface area contributed by atoms with Gasteiger partial charge in [0.05, 0.1) is 33.0 Å². The van der Waals surface area contributed by atoms with Crippen LogP contribution in [0.15, 0.2) is 52.0 Å². The number of nitrogens with one attached hydrogen (secondary N) is 1. The maximum atomic E-state index is 11.4. The minimum Gasteiger partial charge on any atom is -0.478 e. The molecule has 3 aromatic rings. The van der Waals surface area contributed by atoms with E-state index in [-0.39, 0.29) is 16.3 Å². The summed E-state index contributed by atoms with van der Waals surface area (Å²) in [6.07, 6.45) is 1.38. The molecule has 1 heterocycles. The monoisotopic (exact) mass is 413 g/mol. The Morgan fingerprint density at radius 2 is 1.93 bits per heavy atom. The molecule has 9 heteroatoms. The third-order valence-electron chi connectivity index (χ3n) is 4.28. The number of nitrogens with zero attached hydrogens (tertiary/aromatic N) is 2. The van der Waals surface area contributed by atoms with E-state index in [2.05, 4.69) is 10.5 Å². The number of hydrogen-bond donors (Lipinski definition) is 2. The Bertz CT molecular complexity index is 1140. The summed E-state index contributed by atoms with van der Waals surface area (Å²) in [4.78, 5) is 22.0. The van der Waals surface area contributed by atoms with Gasteiger partial charge in [0.15, 0.2) is 0 Å². The maximum Gasteiger partial charge on any atom is 0.337 e. The van der Waals surface area contributed by atoms with Gasteiger partial charge in [-0.05, 0) is 61.4 Å². The van der Waals surface area contributed by atoms with Gasteiger partial charge in [-0.25, -0.2) is 4.79 Å². The first-order chi connectivity index (χ1) is 13.8. The molecule has 0 saturated heterocycles. The lowest BCUT2D eigenvalue weighted by atomic mass is 10.0. The fourth-order valence-electron chi connectivity index (χ4n) is 2.65. The zero-order valence-corrected chi connectivity index (χ0v) is 16.2. The number of hydrazone groups is 1. The predicted octanol–water partition coefficient (Wildman–Crippen LogP) is 5.27. The van der Waals surface area contributed by atoms with E-state index < -0.39 is 10.9 Å². The van der Waals surface area contributed by atoms with E-state index >= 15 is 0 Å². The number of benzene rings is 2. The number of anilines is 1. The molecule has 0 atom stereocenters. The molecular formula is C20H16ClN3O5. The van der Waals surface area contributed by atoms with Gasteiger partial charge in [0.25, 0.3) is 5.69 Å². The van der Waals surface area contributed by atoms with E-state index in [0.717, 1.165) is 11.1 Å². The Morgan fingerprint density at radius 1 is 1.21 bits per heavy atom. The molecule has 0 spiro atoms. The normalized spacial score (nSPS) is 11.0. The molecule has 3 rings (SSSR count). The lowest BCUT2D eigenvalue weighted by Crippen LogP contribution is -1.99. The van der Waals surface area contributed by atoms with Crippen LogP contribution >= 0.6 is 11.6 Å². The highest BCUT2D eigenvalue weighted by Crippen LogP contribution is 2.33. The minimum absolute atomic E-state index is 0.0357. The van der Waals surface area contributed by atoms with Crippen molar-refractivity contribution in [3.63, 3.8) is 0 Å². The van der Waals surface area contributed by atoms with Crippen LogP contribution in [0.1, 0.15) is 27.2 Å². The van der Waals surface area contributed by atoms with Crippen molar-refractivity contribution in [1.29, 1.82) is 0 Å². The summed E-state index contributed by atoms with van der Waals surface area (Å²) in [5, 5.41) is 24.6. The maximum absolute atomic E-state index is 11.4. The van der Waals surface area contributed by atoms with Crippen molar-refractivity contribution in [2.45, 2.75) is 13.8 Å². The molecule has 0 aliphatic rings. The lowest BCUT2D eigenvalue weighted by molar-refractivity contribution is -0.384. The fourth-order valence-corrected chi connectivity index (χ4v) is 2.84. The highest BCUT2D eigenvalue weighted by Gasteiger charge is 2.19. The SMILES string of the molecule is Cc1cc(-c2ccc(/C=N/Nc3ccc(Cl)c(C(=O)O)c3)o2)c([N+](=O)[O-])cc1C. The van der Waals surface area contributed by atoms with Gasteiger partial charge in [0, 0.05) is 6.07 Å². The van der Waals surface area contributed by atoms with Gasteiger partial charge >= 0.3 is 5.97 Å². The first-order valence-electron chi connectivity index (χ1n) is 8.44. The summed E-state index contributed by atoms with van der Waals surface area (Å²) < 4.78 is 5.67. The minimum atomic E-state index is -1.15. The van der Waals surface area contributed by atoms with E-state index in [0.29, 0.717) is 22.8 Å². The molecule has 0 unspecified atom stereocenters. The highest BCUT2D eigenvalue weighted by molar-refractivity contribution is 6.33. The first kappa shape index (κ1) is 20.1. The molecule has 148 valence electrons. The van der Waals surface area contributed by atoms with Crippen molar-refractivity contribution in [2.24, 2.45) is 5.10 Å². The number of hydrogen-bond acceptors (Lipinski definition) is 6. The Labute approximate surface area is 170 Å². The largest absolute Gasteiger partial charge is 0.478 e. The summed E-state index contributed by atoms with van der Waals surface area (Å²) >= 11 is 5.83. The molecule has 0 aliphatic heterocycles. The van der Waals surface area contributed by atoms with Crippen molar-refractivity contribution in [1.82, 2.24) is 0 Å². The van der Waals surface area contributed by atoms with Crippen molar-refractivity contribution in [3.05, 3.63) is 80.1 Å². The zero-order chi connectivity index (χ0) is 21.1. The number of rotatable bonds is 6. The Kier molecular flexibility index (Phi) is 5.65. The summed E-state index contributed by atoms with van der Waals surface area (Å²) in [6, 6.07) is 10.9. The molecule has 1 aromatic heterocycles. The van der Waals surface area contributed by atoms with Crippen LogP contribution in [0.25, 0.3) is 11.3 Å². The Balaban J connectivity index is 1.81. The van der Waals surface area contributed by atoms with Gasteiger partial charge in [0.1, 0.15) is 11.5 Å². The second-order valence-corrected chi connectivity index (χ2v) is 6.69. The number of nitro groups is 1. The number of halogens is 1. The number of carboxylic acid groups (broad SMARTS) is 1. The van der Waals surface area contributed by atoms with E-state index in [1.807, 2.05) is 13.8 Å². The second-order valence-electron chi connectivity index (χ2n) is 6.28. The van der Waals surface area contributed by atoms with Gasteiger partial charge in [0.2, 0.25) is 0 Å². The first-order valence-corrected chi connectivity index (χ1v) is 8.82. The van der Waals surface area contributed by atoms with E-state index in [4.69, 9.17) is 21.1 Å². The molecule has 2 N–H and O–H groups in total.